The molecule has 0 aromatic carbocycles. The fourth-order valence-electron chi connectivity index (χ4n) is 4.51. The molecular formula is C25H30N6O4S8. The van der Waals surface area contributed by atoms with Crippen molar-refractivity contribution < 1.29 is 17.9 Å². The summed E-state index contributed by atoms with van der Waals surface area (Å²) in [6, 6.07) is 10.7. The summed E-state index contributed by atoms with van der Waals surface area (Å²) in [7, 11) is -4.30. The second-order valence-electron chi connectivity index (χ2n) is 9.99. The summed E-state index contributed by atoms with van der Waals surface area (Å²) in [5.41, 5.74) is 6.82. The maximum atomic E-state index is 13.4. The predicted molar refractivity (Wildman–Crippen MR) is 193 cm³/mol. The van der Waals surface area contributed by atoms with E-state index in [0.717, 1.165) is 12.8 Å². The van der Waals surface area contributed by atoms with Gasteiger partial charge in [0.25, 0.3) is 15.9 Å². The Balaban J connectivity index is 1.69. The molecule has 0 unspecified atom stereocenters. The summed E-state index contributed by atoms with van der Waals surface area (Å²) in [4.78, 5) is 26.8. The first-order chi connectivity index (χ1) is 19.8. The SMILES string of the molecule is C[C@@H]1CC[C@H](C)N1c1nc(-c2ccc(OC(S)(C(S)(S)S)C(S)(S)S)nc2)ccc1C(=O)NS(=O)(=O)c1cccc(N)n1. The van der Waals surface area contributed by atoms with E-state index in [4.69, 9.17) is 15.5 Å². The first-order valence-corrected chi connectivity index (χ1v) is 17.3. The van der Waals surface area contributed by atoms with Crippen LogP contribution in [0.3, 0.4) is 0 Å². The zero-order valence-electron chi connectivity index (χ0n) is 22.7. The Morgan fingerprint density at radius 1 is 0.953 bits per heavy atom. The molecular weight excluding hydrogens is 705 g/mol. The van der Waals surface area contributed by atoms with Crippen LogP contribution in [0.25, 0.3) is 11.3 Å². The number of hydrogen-bond acceptors (Lipinski definition) is 16. The predicted octanol–water partition coefficient (Wildman–Crippen LogP) is 4.51. The van der Waals surface area contributed by atoms with Crippen molar-refractivity contribution in [3.63, 3.8) is 0 Å². The van der Waals surface area contributed by atoms with Crippen LogP contribution in [0, 0.1) is 0 Å². The molecule has 2 atom stereocenters. The number of anilines is 2. The third-order valence-corrected chi connectivity index (χ3v) is 11.7. The third kappa shape index (κ3) is 7.42. The number of rotatable bonds is 9. The molecule has 43 heavy (non-hydrogen) atoms. The average Bonchev–Trinajstić information content (AvgIpc) is 3.24. The molecule has 0 spiro atoms. The standard InChI is InChI=1S/C25H30N6O4S8/c1-13-6-7-14(2)31(13)21-16(22(32)30-43(33,34)20-5-3-4-18(26)29-20)9-10-17(28-21)15-8-11-19(27-12-15)35-23(36,24(37,38)39)25(40,41)42/h3-5,8-14,36-42H,6-7H2,1-2H3,(H2,26,29)(H,30,32)/t13-,14+. The van der Waals surface area contributed by atoms with E-state index >= 15 is 0 Å². The van der Waals surface area contributed by atoms with Crippen molar-refractivity contribution in [2.75, 3.05) is 10.6 Å². The van der Waals surface area contributed by atoms with Crippen LogP contribution < -0.4 is 20.1 Å². The van der Waals surface area contributed by atoms with Crippen LogP contribution in [0.15, 0.2) is 53.7 Å². The van der Waals surface area contributed by atoms with Crippen LogP contribution in [-0.4, -0.2) is 53.1 Å². The Morgan fingerprint density at radius 2 is 1.58 bits per heavy atom. The van der Waals surface area contributed by atoms with Gasteiger partial charge in [-0.2, -0.15) is 8.42 Å². The van der Waals surface area contributed by atoms with E-state index in [2.05, 4.69) is 103 Å². The van der Waals surface area contributed by atoms with Crippen LogP contribution in [0.4, 0.5) is 11.6 Å². The summed E-state index contributed by atoms with van der Waals surface area (Å²) in [5.74, 6) is -0.360. The summed E-state index contributed by atoms with van der Waals surface area (Å²) in [5, 5.41) is -0.370. The number of aromatic nitrogens is 3. The van der Waals surface area contributed by atoms with Gasteiger partial charge >= 0.3 is 0 Å². The molecule has 1 saturated heterocycles. The zero-order valence-corrected chi connectivity index (χ0v) is 29.8. The number of carbonyl (C=O) groups is 1. The van der Waals surface area contributed by atoms with Gasteiger partial charge in [0.15, 0.2) is 11.8 Å². The number of thiol groups is 7. The number of amides is 1. The molecule has 1 fully saturated rings. The number of hydrogen-bond donors (Lipinski definition) is 9. The first kappa shape index (κ1) is 34.6. The Bertz CT molecular complexity index is 1590. The van der Waals surface area contributed by atoms with Crippen molar-refractivity contribution >= 4 is 116 Å². The van der Waals surface area contributed by atoms with Crippen LogP contribution in [0.1, 0.15) is 37.0 Å². The van der Waals surface area contributed by atoms with Gasteiger partial charge in [-0.15, -0.1) is 88.4 Å². The van der Waals surface area contributed by atoms with Gasteiger partial charge in [-0.1, -0.05) is 6.07 Å². The number of sulfonamides is 1. The highest BCUT2D eigenvalue weighted by atomic mass is 32.2. The van der Waals surface area contributed by atoms with Gasteiger partial charge in [-0.25, -0.2) is 19.7 Å². The number of nitrogens with zero attached hydrogens (tertiary/aromatic N) is 4. The molecule has 1 amide bonds. The molecule has 3 N–H and O–H groups in total. The highest BCUT2D eigenvalue weighted by Crippen LogP contribution is 2.54. The monoisotopic (exact) mass is 734 g/mol. The Morgan fingerprint density at radius 3 is 2.12 bits per heavy atom. The van der Waals surface area contributed by atoms with Crippen LogP contribution in [0.5, 0.6) is 5.88 Å². The van der Waals surface area contributed by atoms with Gasteiger partial charge in [0, 0.05) is 29.9 Å². The van der Waals surface area contributed by atoms with E-state index in [1.807, 2.05) is 18.7 Å². The lowest BCUT2D eigenvalue weighted by atomic mass is 10.1. The van der Waals surface area contributed by atoms with E-state index in [0.29, 0.717) is 17.1 Å². The lowest BCUT2D eigenvalue weighted by Crippen LogP contribution is -2.54. The zero-order chi connectivity index (χ0) is 32.0. The van der Waals surface area contributed by atoms with Crippen LogP contribution >= 0.6 is 88.4 Å². The van der Waals surface area contributed by atoms with Crippen LogP contribution in [0.2, 0.25) is 0 Å². The van der Waals surface area contributed by atoms with Gasteiger partial charge in [0.05, 0.1) is 11.3 Å². The van der Waals surface area contributed by atoms with Gasteiger partial charge in [0.1, 0.15) is 11.6 Å². The van der Waals surface area contributed by atoms with Crippen LogP contribution in [-0.2, 0) is 10.0 Å². The maximum Gasteiger partial charge on any atom is 0.281 e. The van der Waals surface area contributed by atoms with Crippen molar-refractivity contribution in [2.45, 2.75) is 55.6 Å². The third-order valence-electron chi connectivity index (χ3n) is 6.76. The van der Waals surface area contributed by atoms with Crippen molar-refractivity contribution in [1.29, 1.82) is 0 Å². The van der Waals surface area contributed by atoms with E-state index in [1.54, 1.807) is 18.2 Å². The average molecular weight is 735 g/mol. The molecule has 0 bridgehead atoms. The van der Waals surface area contributed by atoms with Gasteiger partial charge < -0.3 is 15.4 Å². The molecule has 0 saturated carbocycles. The minimum Gasteiger partial charge on any atom is -0.453 e. The smallest absolute Gasteiger partial charge is 0.281 e. The van der Waals surface area contributed by atoms with E-state index in [9.17, 15) is 13.2 Å². The largest absolute Gasteiger partial charge is 0.453 e. The number of pyridine rings is 3. The number of nitrogens with two attached hydrogens (primary N) is 1. The molecule has 0 aliphatic carbocycles. The highest BCUT2D eigenvalue weighted by Gasteiger charge is 2.56. The molecule has 0 radical (unpaired) electrons. The van der Waals surface area contributed by atoms with E-state index in [-0.39, 0.29) is 34.4 Å². The number of nitrogens with one attached hydrogen (secondary N) is 1. The second kappa shape index (κ2) is 12.8. The minimum absolute atomic E-state index is 0.00852. The molecule has 10 nitrogen and oxygen atoms in total. The molecule has 1 aliphatic heterocycles. The number of ether oxygens (including phenoxy) is 1. The molecule has 232 valence electrons. The number of nitrogen functional groups attached to an aromatic ring is 1. The summed E-state index contributed by atoms with van der Waals surface area (Å²) in [6.45, 7) is 4.05. The fraction of sp³-hybridized carbons (Fsp3) is 0.360. The minimum atomic E-state index is -4.30. The van der Waals surface area contributed by atoms with E-state index in [1.165, 1.54) is 30.5 Å². The van der Waals surface area contributed by atoms with Crippen molar-refractivity contribution in [1.82, 2.24) is 19.7 Å². The molecule has 3 aromatic rings. The lowest BCUT2D eigenvalue weighted by Gasteiger charge is -2.44. The molecule has 3 aromatic heterocycles. The van der Waals surface area contributed by atoms with Crippen molar-refractivity contribution in [3.05, 3.63) is 54.2 Å². The summed E-state index contributed by atoms with van der Waals surface area (Å²) in [6.07, 6.45) is 3.28. The summed E-state index contributed by atoms with van der Waals surface area (Å²) >= 11 is 30.6. The van der Waals surface area contributed by atoms with Crippen molar-refractivity contribution in [3.8, 4) is 17.1 Å². The summed E-state index contributed by atoms with van der Waals surface area (Å²) < 4.78 is 31.0. The van der Waals surface area contributed by atoms with Gasteiger partial charge in [-0.05, 0) is 57.0 Å². The number of carbonyl (C=O) groups excluding carboxylic acids is 1. The molecule has 1 aliphatic rings. The topological polar surface area (TPSA) is 140 Å². The maximum absolute atomic E-state index is 13.4. The second-order valence-corrected chi connectivity index (χ2v) is 18.4. The fourth-order valence-corrected chi connectivity index (χ4v) is 7.62. The van der Waals surface area contributed by atoms with E-state index < -0.39 is 27.7 Å². The Kier molecular flexibility index (Phi) is 10.3. The van der Waals surface area contributed by atoms with Gasteiger partial charge in [-0.3, -0.25) is 4.79 Å². The molecule has 4 heterocycles. The lowest BCUT2D eigenvalue weighted by molar-refractivity contribution is 0.0981. The van der Waals surface area contributed by atoms with Gasteiger partial charge in [0.2, 0.25) is 10.8 Å². The Hall–Kier alpha value is -1.28. The molecule has 18 heteroatoms. The van der Waals surface area contributed by atoms with Crippen molar-refractivity contribution in [2.24, 2.45) is 0 Å². The first-order valence-electron chi connectivity index (χ1n) is 12.6. The normalized spacial score (nSPS) is 18.0. The highest BCUT2D eigenvalue weighted by molar-refractivity contribution is 8.21. The molecule has 4 rings (SSSR count). The quantitative estimate of drug-likeness (QED) is 0.115. The Labute approximate surface area is 289 Å².